The molecule has 1 aromatic rings. The summed E-state index contributed by atoms with van der Waals surface area (Å²) >= 11 is 0. The monoisotopic (exact) mass is 217 g/mol. The van der Waals surface area contributed by atoms with Crippen molar-refractivity contribution in [2.24, 2.45) is 0 Å². The molecule has 0 heterocycles. The molecule has 0 amide bonds. The van der Waals surface area contributed by atoms with E-state index in [4.69, 9.17) is 0 Å². The third-order valence-corrected chi connectivity index (χ3v) is 4.04. The van der Waals surface area contributed by atoms with Crippen molar-refractivity contribution in [3.63, 3.8) is 0 Å². The summed E-state index contributed by atoms with van der Waals surface area (Å²) in [5, 5.41) is 3.47. The molecule has 1 nitrogen and oxygen atoms in total. The molecule has 2 rings (SSSR count). The van der Waals surface area contributed by atoms with Gasteiger partial charge >= 0.3 is 0 Å². The van der Waals surface area contributed by atoms with E-state index < -0.39 is 0 Å². The fourth-order valence-electron chi connectivity index (χ4n) is 2.79. The first kappa shape index (κ1) is 11.7. The van der Waals surface area contributed by atoms with Crippen LogP contribution in [0.5, 0.6) is 0 Å². The molecule has 0 aliphatic heterocycles. The van der Waals surface area contributed by atoms with Crippen molar-refractivity contribution in [1.82, 2.24) is 5.32 Å². The molecule has 0 saturated heterocycles. The Hall–Kier alpha value is -0.820. The standard InChI is InChI=1S/C15H23N/c1-11(2)13-7-5-6-12-10-15(3,16-4)9-8-14(12)13/h5-7,11,16H,8-10H2,1-4H3. The van der Waals surface area contributed by atoms with E-state index in [-0.39, 0.29) is 0 Å². The SMILES string of the molecule is CNC1(C)CCc2c(cccc2C(C)C)C1. The van der Waals surface area contributed by atoms with Gasteiger partial charge in [-0.15, -0.1) is 0 Å². The lowest BCUT2D eigenvalue weighted by Crippen LogP contribution is -2.44. The first-order valence-electron chi connectivity index (χ1n) is 6.35. The van der Waals surface area contributed by atoms with E-state index in [1.54, 1.807) is 16.7 Å². The van der Waals surface area contributed by atoms with Gasteiger partial charge in [0.05, 0.1) is 0 Å². The van der Waals surface area contributed by atoms with Crippen LogP contribution in [-0.2, 0) is 12.8 Å². The molecule has 0 aromatic heterocycles. The lowest BCUT2D eigenvalue weighted by Gasteiger charge is -2.36. The molecule has 0 saturated carbocycles. The second-order valence-corrected chi connectivity index (χ2v) is 5.63. The summed E-state index contributed by atoms with van der Waals surface area (Å²) in [6.07, 6.45) is 3.64. The minimum Gasteiger partial charge on any atom is -0.314 e. The minimum atomic E-state index is 0.294. The highest BCUT2D eigenvalue weighted by atomic mass is 14.9. The number of benzene rings is 1. The van der Waals surface area contributed by atoms with E-state index in [0.717, 1.165) is 0 Å². The maximum Gasteiger partial charge on any atom is 0.0193 e. The van der Waals surface area contributed by atoms with Crippen LogP contribution < -0.4 is 5.32 Å². The van der Waals surface area contributed by atoms with Crippen LogP contribution in [0.4, 0.5) is 0 Å². The lowest BCUT2D eigenvalue weighted by molar-refractivity contribution is 0.337. The Morgan fingerprint density at radius 3 is 2.69 bits per heavy atom. The van der Waals surface area contributed by atoms with Gasteiger partial charge in [-0.1, -0.05) is 32.0 Å². The van der Waals surface area contributed by atoms with Gasteiger partial charge in [-0.05, 0) is 55.8 Å². The molecule has 1 aromatic carbocycles. The molecule has 1 aliphatic rings. The quantitative estimate of drug-likeness (QED) is 0.801. The number of nitrogens with one attached hydrogen (secondary N) is 1. The molecular formula is C15H23N. The largest absolute Gasteiger partial charge is 0.314 e. The molecule has 0 fully saturated rings. The van der Waals surface area contributed by atoms with Crippen LogP contribution in [0.25, 0.3) is 0 Å². The maximum absolute atomic E-state index is 3.47. The Morgan fingerprint density at radius 1 is 1.31 bits per heavy atom. The number of fused-ring (bicyclic) bond motifs is 1. The summed E-state index contributed by atoms with van der Waals surface area (Å²) < 4.78 is 0. The molecule has 0 spiro atoms. The van der Waals surface area contributed by atoms with Crippen LogP contribution >= 0.6 is 0 Å². The molecule has 16 heavy (non-hydrogen) atoms. The van der Waals surface area contributed by atoms with Gasteiger partial charge in [-0.3, -0.25) is 0 Å². The van der Waals surface area contributed by atoms with Gasteiger partial charge in [0.15, 0.2) is 0 Å². The number of rotatable bonds is 2. The normalized spacial score (nSPS) is 24.6. The Bertz CT molecular complexity index is 381. The highest BCUT2D eigenvalue weighted by molar-refractivity contribution is 5.40. The van der Waals surface area contributed by atoms with Crippen LogP contribution in [0.15, 0.2) is 18.2 Å². The highest BCUT2D eigenvalue weighted by Crippen LogP contribution is 2.33. The first-order valence-corrected chi connectivity index (χ1v) is 6.35. The van der Waals surface area contributed by atoms with Gasteiger partial charge in [-0.25, -0.2) is 0 Å². The molecule has 1 heteroatoms. The Morgan fingerprint density at radius 2 is 2.06 bits per heavy atom. The first-order chi connectivity index (χ1) is 7.56. The van der Waals surface area contributed by atoms with Crippen LogP contribution in [0.2, 0.25) is 0 Å². The van der Waals surface area contributed by atoms with Gasteiger partial charge in [-0.2, -0.15) is 0 Å². The van der Waals surface area contributed by atoms with Crippen molar-refractivity contribution in [1.29, 1.82) is 0 Å². The van der Waals surface area contributed by atoms with Gasteiger partial charge in [0.25, 0.3) is 0 Å². The minimum absolute atomic E-state index is 0.294. The van der Waals surface area contributed by atoms with Crippen LogP contribution in [0.1, 0.15) is 49.8 Å². The van der Waals surface area contributed by atoms with E-state index in [9.17, 15) is 0 Å². The molecule has 0 radical (unpaired) electrons. The van der Waals surface area contributed by atoms with Crippen molar-refractivity contribution in [2.45, 2.75) is 51.5 Å². The average molecular weight is 217 g/mol. The summed E-state index contributed by atoms with van der Waals surface area (Å²) in [6, 6.07) is 6.82. The molecule has 1 atom stereocenters. The van der Waals surface area contributed by atoms with E-state index in [2.05, 4.69) is 51.3 Å². The van der Waals surface area contributed by atoms with Gasteiger partial charge in [0, 0.05) is 5.54 Å². The second kappa shape index (κ2) is 4.21. The zero-order valence-corrected chi connectivity index (χ0v) is 10.9. The third-order valence-electron chi connectivity index (χ3n) is 4.04. The van der Waals surface area contributed by atoms with Crippen LogP contribution in [0.3, 0.4) is 0 Å². The predicted molar refractivity (Wildman–Crippen MR) is 70.0 cm³/mol. The van der Waals surface area contributed by atoms with E-state index in [0.29, 0.717) is 11.5 Å². The zero-order chi connectivity index (χ0) is 11.8. The van der Waals surface area contributed by atoms with Crippen molar-refractivity contribution in [2.75, 3.05) is 7.05 Å². The summed E-state index contributed by atoms with van der Waals surface area (Å²) in [5.74, 6) is 0.647. The van der Waals surface area contributed by atoms with Crippen molar-refractivity contribution >= 4 is 0 Å². The predicted octanol–water partition coefficient (Wildman–Crippen LogP) is 3.28. The van der Waals surface area contributed by atoms with E-state index in [1.807, 2.05) is 0 Å². The fourth-order valence-corrected chi connectivity index (χ4v) is 2.79. The second-order valence-electron chi connectivity index (χ2n) is 5.63. The van der Waals surface area contributed by atoms with E-state index >= 15 is 0 Å². The van der Waals surface area contributed by atoms with Crippen LogP contribution in [0, 0.1) is 0 Å². The fraction of sp³-hybridized carbons (Fsp3) is 0.600. The highest BCUT2D eigenvalue weighted by Gasteiger charge is 2.29. The number of likely N-dealkylation sites (N-methyl/N-ethyl adjacent to an activating group) is 1. The Labute approximate surface area is 99.3 Å². The Balaban J connectivity index is 2.38. The smallest absolute Gasteiger partial charge is 0.0193 e. The topological polar surface area (TPSA) is 12.0 Å². The van der Waals surface area contributed by atoms with Crippen molar-refractivity contribution < 1.29 is 0 Å². The van der Waals surface area contributed by atoms with Gasteiger partial charge < -0.3 is 5.32 Å². The molecular weight excluding hydrogens is 194 g/mol. The van der Waals surface area contributed by atoms with Crippen molar-refractivity contribution in [3.05, 3.63) is 34.9 Å². The molecule has 1 N–H and O–H groups in total. The molecule has 1 aliphatic carbocycles. The average Bonchev–Trinajstić information content (AvgIpc) is 2.27. The lowest BCUT2D eigenvalue weighted by atomic mass is 9.76. The summed E-state index contributed by atoms with van der Waals surface area (Å²) in [5.41, 5.74) is 5.01. The third kappa shape index (κ3) is 2.01. The zero-order valence-electron chi connectivity index (χ0n) is 10.9. The van der Waals surface area contributed by atoms with Crippen LogP contribution in [-0.4, -0.2) is 12.6 Å². The summed E-state index contributed by atoms with van der Waals surface area (Å²) in [4.78, 5) is 0. The van der Waals surface area contributed by atoms with Gasteiger partial charge in [0.1, 0.15) is 0 Å². The van der Waals surface area contributed by atoms with Gasteiger partial charge in [0.2, 0.25) is 0 Å². The summed E-state index contributed by atoms with van der Waals surface area (Å²) in [6.45, 7) is 6.92. The molecule has 1 unspecified atom stereocenters. The summed E-state index contributed by atoms with van der Waals surface area (Å²) in [7, 11) is 2.08. The molecule has 88 valence electrons. The van der Waals surface area contributed by atoms with Crippen molar-refractivity contribution in [3.8, 4) is 0 Å². The number of hydrogen-bond donors (Lipinski definition) is 1. The van der Waals surface area contributed by atoms with E-state index in [1.165, 1.54) is 19.3 Å². The molecule has 0 bridgehead atoms. The number of hydrogen-bond acceptors (Lipinski definition) is 1. The Kier molecular flexibility index (Phi) is 3.07. The maximum atomic E-state index is 3.47.